The van der Waals surface area contributed by atoms with Crippen LogP contribution in [0.5, 0.6) is 0 Å². The first-order valence-electron chi connectivity index (χ1n) is 5.17. The molecule has 0 N–H and O–H groups in total. The van der Waals surface area contributed by atoms with Gasteiger partial charge >= 0.3 is 0 Å². The van der Waals surface area contributed by atoms with Crippen molar-refractivity contribution < 1.29 is 0 Å². The third kappa shape index (κ3) is 2.66. The molecule has 2 aromatic rings. The van der Waals surface area contributed by atoms with Crippen molar-refractivity contribution in [1.29, 1.82) is 0 Å². The van der Waals surface area contributed by atoms with Crippen LogP contribution >= 0.6 is 11.6 Å². The summed E-state index contributed by atoms with van der Waals surface area (Å²) < 4.78 is 0. The highest BCUT2D eigenvalue weighted by atomic mass is 35.5. The molecule has 0 aliphatic rings. The third-order valence-electron chi connectivity index (χ3n) is 2.34. The number of unbranched alkanes of at least 4 members (excludes halogenated alkanes) is 1. The fourth-order valence-electron chi connectivity index (χ4n) is 1.53. The number of halogens is 1. The molecule has 78 valence electrons. The monoisotopic (exact) mass is 220 g/mol. The zero-order valence-corrected chi connectivity index (χ0v) is 9.24. The zero-order chi connectivity index (χ0) is 10.5. The second kappa shape index (κ2) is 5.08. The molecule has 2 aromatic heterocycles. The van der Waals surface area contributed by atoms with Gasteiger partial charge in [-0.15, -0.1) is 11.6 Å². The van der Waals surface area contributed by atoms with Crippen molar-refractivity contribution in [3.8, 4) is 0 Å². The van der Waals surface area contributed by atoms with Crippen molar-refractivity contribution >= 4 is 22.6 Å². The predicted octanol–water partition coefficient (Wildman–Crippen LogP) is 3.19. The van der Waals surface area contributed by atoms with Gasteiger partial charge in [0.25, 0.3) is 0 Å². The summed E-state index contributed by atoms with van der Waals surface area (Å²) in [5.41, 5.74) is 1.94. The minimum atomic E-state index is 0.728. The number of fused-ring (bicyclic) bond motifs is 1. The Morgan fingerprint density at radius 2 is 2.07 bits per heavy atom. The van der Waals surface area contributed by atoms with Crippen molar-refractivity contribution in [3.05, 3.63) is 36.2 Å². The third-order valence-corrected chi connectivity index (χ3v) is 2.61. The van der Waals surface area contributed by atoms with Gasteiger partial charge in [-0.05, 0) is 43.5 Å². The van der Waals surface area contributed by atoms with Crippen molar-refractivity contribution in [2.24, 2.45) is 0 Å². The maximum atomic E-state index is 5.63. The number of aromatic nitrogens is 2. The Bertz CT molecular complexity index is 442. The number of nitrogens with zero attached hydrogens (tertiary/aromatic N) is 2. The SMILES string of the molecule is ClCCCCc1ccc2cccnc2n1. The van der Waals surface area contributed by atoms with Crippen molar-refractivity contribution in [3.63, 3.8) is 0 Å². The molecule has 0 unspecified atom stereocenters. The Morgan fingerprint density at radius 1 is 1.13 bits per heavy atom. The molecule has 0 bridgehead atoms. The van der Waals surface area contributed by atoms with Gasteiger partial charge in [-0.25, -0.2) is 9.97 Å². The molecule has 0 atom stereocenters. The van der Waals surface area contributed by atoms with Crippen LogP contribution in [0.1, 0.15) is 18.5 Å². The lowest BCUT2D eigenvalue weighted by molar-refractivity contribution is 0.783. The van der Waals surface area contributed by atoms with Crippen molar-refractivity contribution in [2.45, 2.75) is 19.3 Å². The molecule has 2 heterocycles. The molecule has 0 aliphatic heterocycles. The molecule has 0 spiro atoms. The summed E-state index contributed by atoms with van der Waals surface area (Å²) in [5, 5.41) is 1.10. The molecule has 15 heavy (non-hydrogen) atoms. The number of alkyl halides is 1. The molecule has 2 nitrogen and oxygen atoms in total. The first kappa shape index (κ1) is 10.4. The lowest BCUT2D eigenvalue weighted by Crippen LogP contribution is -1.92. The molecule has 0 saturated heterocycles. The molecule has 3 heteroatoms. The average molecular weight is 221 g/mol. The van der Waals surface area contributed by atoms with Crippen LogP contribution in [-0.4, -0.2) is 15.8 Å². The topological polar surface area (TPSA) is 25.8 Å². The first-order chi connectivity index (χ1) is 7.40. The highest BCUT2D eigenvalue weighted by molar-refractivity contribution is 6.17. The summed E-state index contributed by atoms with van der Waals surface area (Å²) >= 11 is 5.63. The number of hydrogen-bond donors (Lipinski definition) is 0. The molecular formula is C12H13ClN2. The maximum absolute atomic E-state index is 5.63. The van der Waals surface area contributed by atoms with Crippen molar-refractivity contribution in [1.82, 2.24) is 9.97 Å². The van der Waals surface area contributed by atoms with Crippen molar-refractivity contribution in [2.75, 3.05) is 5.88 Å². The quantitative estimate of drug-likeness (QED) is 0.584. The van der Waals surface area contributed by atoms with Gasteiger partial charge in [-0.2, -0.15) is 0 Å². The fourth-order valence-corrected chi connectivity index (χ4v) is 1.72. The van der Waals surface area contributed by atoms with Gasteiger partial charge in [0.15, 0.2) is 5.65 Å². The normalized spacial score (nSPS) is 10.7. The van der Waals surface area contributed by atoms with Gasteiger partial charge < -0.3 is 0 Å². The summed E-state index contributed by atoms with van der Waals surface area (Å²) in [6, 6.07) is 8.10. The maximum Gasteiger partial charge on any atom is 0.159 e. The second-order valence-corrected chi connectivity index (χ2v) is 3.88. The van der Waals surface area contributed by atoms with Crippen LogP contribution in [0.2, 0.25) is 0 Å². The lowest BCUT2D eigenvalue weighted by atomic mass is 10.1. The van der Waals surface area contributed by atoms with Crippen LogP contribution in [0.15, 0.2) is 30.5 Å². The molecule has 0 fully saturated rings. The van der Waals surface area contributed by atoms with Gasteiger partial charge in [-0.3, -0.25) is 0 Å². The molecule has 0 amide bonds. The summed E-state index contributed by atoms with van der Waals surface area (Å²) in [7, 11) is 0. The molecule has 2 rings (SSSR count). The van der Waals surface area contributed by atoms with E-state index >= 15 is 0 Å². The van der Waals surface area contributed by atoms with E-state index in [-0.39, 0.29) is 0 Å². The average Bonchev–Trinajstić information content (AvgIpc) is 2.29. The smallest absolute Gasteiger partial charge is 0.159 e. The van der Waals surface area contributed by atoms with E-state index in [1.807, 2.05) is 12.1 Å². The van der Waals surface area contributed by atoms with E-state index in [0.717, 1.165) is 41.9 Å². The lowest BCUT2D eigenvalue weighted by Gasteiger charge is -2.01. The minimum Gasteiger partial charge on any atom is -0.237 e. The fraction of sp³-hybridized carbons (Fsp3) is 0.333. The highest BCUT2D eigenvalue weighted by Crippen LogP contribution is 2.10. The number of hydrogen-bond acceptors (Lipinski definition) is 2. The molecular weight excluding hydrogens is 208 g/mol. The van der Waals surface area contributed by atoms with Crippen LogP contribution < -0.4 is 0 Å². The molecule has 0 aromatic carbocycles. The Morgan fingerprint density at radius 3 is 2.93 bits per heavy atom. The standard InChI is InChI=1S/C12H13ClN2/c13-8-2-1-5-11-7-6-10-4-3-9-14-12(10)15-11/h3-4,6-7,9H,1-2,5,8H2. The second-order valence-electron chi connectivity index (χ2n) is 3.50. The van der Waals surface area contributed by atoms with E-state index < -0.39 is 0 Å². The van der Waals surface area contributed by atoms with Crippen LogP contribution in [0, 0.1) is 0 Å². The Labute approximate surface area is 94.3 Å². The van der Waals surface area contributed by atoms with E-state index in [9.17, 15) is 0 Å². The number of aryl methyl sites for hydroxylation is 1. The van der Waals surface area contributed by atoms with E-state index in [2.05, 4.69) is 22.1 Å². The number of pyridine rings is 2. The van der Waals surface area contributed by atoms with Crippen LogP contribution in [0.4, 0.5) is 0 Å². The van der Waals surface area contributed by atoms with Gasteiger partial charge in [0.2, 0.25) is 0 Å². The van der Waals surface area contributed by atoms with E-state index in [0.29, 0.717) is 0 Å². The van der Waals surface area contributed by atoms with E-state index in [4.69, 9.17) is 11.6 Å². The zero-order valence-electron chi connectivity index (χ0n) is 8.49. The van der Waals surface area contributed by atoms with Gasteiger partial charge in [0, 0.05) is 23.2 Å². The Hall–Kier alpha value is -1.15. The predicted molar refractivity (Wildman–Crippen MR) is 63.2 cm³/mol. The number of rotatable bonds is 4. The van der Waals surface area contributed by atoms with Crippen LogP contribution in [-0.2, 0) is 6.42 Å². The van der Waals surface area contributed by atoms with Gasteiger partial charge in [0.05, 0.1) is 0 Å². The van der Waals surface area contributed by atoms with Crippen LogP contribution in [0.25, 0.3) is 11.0 Å². The summed E-state index contributed by atoms with van der Waals surface area (Å²) in [6.45, 7) is 0. The first-order valence-corrected chi connectivity index (χ1v) is 5.70. The highest BCUT2D eigenvalue weighted by Gasteiger charge is 1.98. The molecule has 0 aliphatic carbocycles. The Kier molecular flexibility index (Phi) is 3.51. The summed E-state index contributed by atoms with van der Waals surface area (Å²) in [5.74, 6) is 0.728. The van der Waals surface area contributed by atoms with E-state index in [1.165, 1.54) is 0 Å². The largest absolute Gasteiger partial charge is 0.237 e. The summed E-state index contributed by atoms with van der Waals surface area (Å²) in [6.07, 6.45) is 4.90. The Balaban J connectivity index is 2.16. The summed E-state index contributed by atoms with van der Waals surface area (Å²) in [4.78, 5) is 8.73. The van der Waals surface area contributed by atoms with Gasteiger partial charge in [0.1, 0.15) is 0 Å². The van der Waals surface area contributed by atoms with Crippen LogP contribution in [0.3, 0.4) is 0 Å². The minimum absolute atomic E-state index is 0.728. The molecule has 0 saturated carbocycles. The van der Waals surface area contributed by atoms with E-state index in [1.54, 1.807) is 6.20 Å². The molecule has 0 radical (unpaired) electrons. The van der Waals surface area contributed by atoms with Gasteiger partial charge in [-0.1, -0.05) is 0 Å².